The summed E-state index contributed by atoms with van der Waals surface area (Å²) in [6, 6.07) is 5.98. The maximum atomic E-state index is 12.8. The SMILES string of the molecule is CC(C)c1cc(C(=O)NCCc2cccnc2)c2cnn(C(C)C)c2n1. The second-order valence-corrected chi connectivity index (χ2v) is 7.04. The van der Waals surface area contributed by atoms with Crippen LogP contribution in [0.4, 0.5) is 0 Å². The second kappa shape index (κ2) is 7.64. The zero-order valence-electron chi connectivity index (χ0n) is 15.7. The molecule has 0 saturated carbocycles. The predicted octanol–water partition coefficient (Wildman–Crippen LogP) is 3.50. The molecule has 6 nitrogen and oxygen atoms in total. The molecule has 1 N–H and O–H groups in total. The maximum Gasteiger partial charge on any atom is 0.252 e. The lowest BCUT2D eigenvalue weighted by atomic mass is 10.0. The Morgan fingerprint density at radius 2 is 2.04 bits per heavy atom. The normalized spacial score (nSPS) is 11.5. The largest absolute Gasteiger partial charge is 0.352 e. The van der Waals surface area contributed by atoms with Crippen LogP contribution in [0, 0.1) is 0 Å². The fourth-order valence-electron chi connectivity index (χ4n) is 2.86. The van der Waals surface area contributed by atoms with Gasteiger partial charge in [0.1, 0.15) is 0 Å². The molecule has 0 aliphatic carbocycles. The van der Waals surface area contributed by atoms with Crippen molar-refractivity contribution in [3.63, 3.8) is 0 Å². The highest BCUT2D eigenvalue weighted by Crippen LogP contribution is 2.24. The van der Waals surface area contributed by atoms with Crippen LogP contribution in [-0.2, 0) is 6.42 Å². The van der Waals surface area contributed by atoms with Crippen LogP contribution in [0.5, 0.6) is 0 Å². The number of aromatic nitrogens is 4. The second-order valence-electron chi connectivity index (χ2n) is 7.04. The molecule has 3 aromatic heterocycles. The molecule has 0 fully saturated rings. The zero-order valence-corrected chi connectivity index (χ0v) is 15.7. The lowest BCUT2D eigenvalue weighted by molar-refractivity contribution is 0.0955. The van der Waals surface area contributed by atoms with Crippen LogP contribution >= 0.6 is 0 Å². The first-order chi connectivity index (χ1) is 12.5. The molecule has 0 aromatic carbocycles. The third kappa shape index (κ3) is 3.74. The van der Waals surface area contributed by atoms with Crippen LogP contribution in [0.15, 0.2) is 36.8 Å². The Labute approximate surface area is 153 Å². The summed E-state index contributed by atoms with van der Waals surface area (Å²) in [7, 11) is 0. The van der Waals surface area contributed by atoms with Crippen molar-refractivity contribution in [1.82, 2.24) is 25.1 Å². The van der Waals surface area contributed by atoms with E-state index in [1.165, 1.54) is 0 Å². The Kier molecular flexibility index (Phi) is 5.30. The minimum atomic E-state index is -0.0912. The molecule has 0 saturated heterocycles. The van der Waals surface area contributed by atoms with Gasteiger partial charge in [-0.25, -0.2) is 9.67 Å². The van der Waals surface area contributed by atoms with Crippen molar-refractivity contribution in [1.29, 1.82) is 0 Å². The number of nitrogens with one attached hydrogen (secondary N) is 1. The monoisotopic (exact) mass is 351 g/mol. The first-order valence-corrected chi connectivity index (χ1v) is 9.02. The first-order valence-electron chi connectivity index (χ1n) is 9.02. The van der Waals surface area contributed by atoms with Gasteiger partial charge < -0.3 is 5.32 Å². The van der Waals surface area contributed by atoms with Gasteiger partial charge in [-0.2, -0.15) is 5.10 Å². The van der Waals surface area contributed by atoms with E-state index in [2.05, 4.69) is 43.1 Å². The fraction of sp³-hybridized carbons (Fsp3) is 0.400. The molecule has 6 heteroatoms. The summed E-state index contributed by atoms with van der Waals surface area (Å²) in [4.78, 5) is 21.7. The Morgan fingerprint density at radius 1 is 1.23 bits per heavy atom. The van der Waals surface area contributed by atoms with Crippen molar-refractivity contribution in [2.24, 2.45) is 0 Å². The number of carbonyl (C=O) groups is 1. The van der Waals surface area contributed by atoms with Gasteiger partial charge in [0.05, 0.1) is 17.1 Å². The molecule has 3 heterocycles. The average Bonchev–Trinajstić information content (AvgIpc) is 3.05. The summed E-state index contributed by atoms with van der Waals surface area (Å²) < 4.78 is 1.87. The number of nitrogens with zero attached hydrogens (tertiary/aromatic N) is 4. The molecule has 0 atom stereocenters. The van der Waals surface area contributed by atoms with Gasteiger partial charge in [-0.1, -0.05) is 19.9 Å². The molecular formula is C20H25N5O. The highest BCUT2D eigenvalue weighted by atomic mass is 16.1. The van der Waals surface area contributed by atoms with Gasteiger partial charge in [0.15, 0.2) is 5.65 Å². The van der Waals surface area contributed by atoms with Crippen molar-refractivity contribution in [3.8, 4) is 0 Å². The van der Waals surface area contributed by atoms with Crippen LogP contribution in [0.3, 0.4) is 0 Å². The molecule has 3 rings (SSSR count). The fourth-order valence-corrected chi connectivity index (χ4v) is 2.86. The summed E-state index contributed by atoms with van der Waals surface area (Å²) in [6.07, 6.45) is 6.05. The minimum absolute atomic E-state index is 0.0912. The summed E-state index contributed by atoms with van der Waals surface area (Å²) in [5, 5.41) is 8.24. The van der Waals surface area contributed by atoms with Gasteiger partial charge in [-0.3, -0.25) is 9.78 Å². The molecule has 0 radical (unpaired) electrons. The van der Waals surface area contributed by atoms with Crippen molar-refractivity contribution in [2.75, 3.05) is 6.54 Å². The number of hydrogen-bond donors (Lipinski definition) is 1. The quantitative estimate of drug-likeness (QED) is 0.738. The van der Waals surface area contributed by atoms with Crippen molar-refractivity contribution in [2.45, 2.75) is 46.1 Å². The molecule has 1 amide bonds. The number of rotatable bonds is 6. The molecule has 0 aliphatic heterocycles. The number of carbonyl (C=O) groups excluding carboxylic acids is 1. The smallest absolute Gasteiger partial charge is 0.252 e. The maximum absolute atomic E-state index is 12.8. The van der Waals surface area contributed by atoms with Crippen molar-refractivity contribution < 1.29 is 4.79 Å². The molecule has 0 bridgehead atoms. The Bertz CT molecular complexity index is 899. The Hall–Kier alpha value is -2.76. The van der Waals surface area contributed by atoms with Gasteiger partial charge in [0, 0.05) is 30.7 Å². The minimum Gasteiger partial charge on any atom is -0.352 e. The lowest BCUT2D eigenvalue weighted by Gasteiger charge is -2.12. The molecule has 136 valence electrons. The lowest BCUT2D eigenvalue weighted by Crippen LogP contribution is -2.26. The highest BCUT2D eigenvalue weighted by molar-refractivity contribution is 6.05. The molecule has 26 heavy (non-hydrogen) atoms. The number of fused-ring (bicyclic) bond motifs is 1. The zero-order chi connectivity index (χ0) is 18.7. The number of pyridine rings is 2. The van der Waals surface area contributed by atoms with Gasteiger partial charge in [-0.05, 0) is 43.9 Å². The van der Waals surface area contributed by atoms with Gasteiger partial charge in [0.25, 0.3) is 5.91 Å². The van der Waals surface area contributed by atoms with Crippen LogP contribution < -0.4 is 5.32 Å². The molecular weight excluding hydrogens is 326 g/mol. The average molecular weight is 351 g/mol. The van der Waals surface area contributed by atoms with E-state index in [9.17, 15) is 4.79 Å². The Balaban J connectivity index is 1.86. The summed E-state index contributed by atoms with van der Waals surface area (Å²) in [5.41, 5.74) is 3.40. The Morgan fingerprint density at radius 3 is 2.69 bits per heavy atom. The van der Waals surface area contributed by atoms with Gasteiger partial charge in [-0.15, -0.1) is 0 Å². The van der Waals surface area contributed by atoms with E-state index in [0.717, 1.165) is 28.7 Å². The van der Waals surface area contributed by atoms with Gasteiger partial charge in [0.2, 0.25) is 0 Å². The van der Waals surface area contributed by atoms with E-state index >= 15 is 0 Å². The van der Waals surface area contributed by atoms with Crippen LogP contribution in [0.2, 0.25) is 0 Å². The molecule has 0 unspecified atom stereocenters. The number of amides is 1. The third-order valence-corrected chi connectivity index (χ3v) is 4.33. The molecule has 0 aliphatic rings. The van der Waals surface area contributed by atoms with E-state index in [4.69, 9.17) is 4.98 Å². The van der Waals surface area contributed by atoms with E-state index in [1.807, 2.05) is 29.1 Å². The topological polar surface area (TPSA) is 72.7 Å². The summed E-state index contributed by atoms with van der Waals surface area (Å²) >= 11 is 0. The van der Waals surface area contributed by atoms with E-state index in [0.29, 0.717) is 12.1 Å². The molecule has 3 aromatic rings. The van der Waals surface area contributed by atoms with Crippen molar-refractivity contribution >= 4 is 16.9 Å². The van der Waals surface area contributed by atoms with E-state index in [-0.39, 0.29) is 17.9 Å². The highest BCUT2D eigenvalue weighted by Gasteiger charge is 2.18. The summed E-state index contributed by atoms with van der Waals surface area (Å²) in [5.74, 6) is 0.142. The van der Waals surface area contributed by atoms with Crippen LogP contribution in [0.25, 0.3) is 11.0 Å². The van der Waals surface area contributed by atoms with Gasteiger partial charge >= 0.3 is 0 Å². The summed E-state index contributed by atoms with van der Waals surface area (Å²) in [6.45, 7) is 8.83. The standard InChI is InChI=1S/C20H25N5O/c1-13(2)18-10-16(17-12-23-25(14(3)4)19(17)24-18)20(26)22-9-7-15-6-5-8-21-11-15/h5-6,8,10-14H,7,9H2,1-4H3,(H,22,26). The van der Waals surface area contributed by atoms with Crippen LogP contribution in [0.1, 0.15) is 61.3 Å². The third-order valence-electron chi connectivity index (χ3n) is 4.33. The first kappa shape index (κ1) is 18.0. The molecule has 0 spiro atoms. The predicted molar refractivity (Wildman–Crippen MR) is 102 cm³/mol. The van der Waals surface area contributed by atoms with Crippen molar-refractivity contribution in [3.05, 3.63) is 53.6 Å². The number of hydrogen-bond acceptors (Lipinski definition) is 4. The van der Waals surface area contributed by atoms with E-state index in [1.54, 1.807) is 12.4 Å². The van der Waals surface area contributed by atoms with Crippen LogP contribution in [-0.4, -0.2) is 32.2 Å². The van der Waals surface area contributed by atoms with E-state index < -0.39 is 0 Å².